The van der Waals surface area contributed by atoms with Gasteiger partial charge in [0.05, 0.1) is 0 Å². The number of rotatable bonds is 8. The van der Waals surface area contributed by atoms with E-state index in [1.54, 1.807) is 24.3 Å². The van der Waals surface area contributed by atoms with E-state index < -0.39 is 6.04 Å². The largest absolute Gasteiger partial charge is 0.341 e. The third-order valence-corrected chi connectivity index (χ3v) is 4.61. The molecular formula is C20H28N2O3. The number of benzene rings is 1. The summed E-state index contributed by atoms with van der Waals surface area (Å²) >= 11 is 0. The van der Waals surface area contributed by atoms with E-state index in [1.807, 2.05) is 11.0 Å². The minimum atomic E-state index is -0.658. The Labute approximate surface area is 150 Å². The van der Waals surface area contributed by atoms with E-state index in [2.05, 4.69) is 13.8 Å². The molecule has 5 nitrogen and oxygen atoms in total. The summed E-state index contributed by atoms with van der Waals surface area (Å²) in [4.78, 5) is 41.1. The maximum Gasteiger partial charge on any atom is 0.261 e. The van der Waals surface area contributed by atoms with Gasteiger partial charge in [-0.3, -0.25) is 19.3 Å². The van der Waals surface area contributed by atoms with Gasteiger partial charge in [0.25, 0.3) is 5.91 Å². The monoisotopic (exact) mass is 344 g/mol. The normalized spacial score (nSPS) is 17.0. The van der Waals surface area contributed by atoms with Crippen LogP contribution in [-0.2, 0) is 9.59 Å². The maximum atomic E-state index is 13.0. The number of hydrogen-bond acceptors (Lipinski definition) is 3. The van der Waals surface area contributed by atoms with Crippen molar-refractivity contribution in [1.29, 1.82) is 0 Å². The van der Waals surface area contributed by atoms with Crippen molar-refractivity contribution in [1.82, 2.24) is 9.80 Å². The molecule has 1 fully saturated rings. The number of imide groups is 1. The molecule has 0 radical (unpaired) electrons. The average Bonchev–Trinajstić information content (AvgIpc) is 3.03. The molecule has 0 saturated carbocycles. The fourth-order valence-corrected chi connectivity index (χ4v) is 3.13. The van der Waals surface area contributed by atoms with Gasteiger partial charge in [0, 0.05) is 25.1 Å². The number of hydrogen-bond donors (Lipinski definition) is 0. The van der Waals surface area contributed by atoms with E-state index in [0.29, 0.717) is 25.1 Å². The third-order valence-electron chi connectivity index (χ3n) is 4.61. The first-order valence-corrected chi connectivity index (χ1v) is 9.30. The predicted molar refractivity (Wildman–Crippen MR) is 97.0 cm³/mol. The summed E-state index contributed by atoms with van der Waals surface area (Å²) in [6, 6.07) is 8.05. The molecule has 0 aliphatic carbocycles. The molecule has 1 aliphatic rings. The van der Waals surface area contributed by atoms with Crippen LogP contribution in [0.15, 0.2) is 30.3 Å². The van der Waals surface area contributed by atoms with Gasteiger partial charge in [-0.15, -0.1) is 0 Å². The van der Waals surface area contributed by atoms with Crippen LogP contribution < -0.4 is 0 Å². The number of amides is 3. The van der Waals surface area contributed by atoms with Gasteiger partial charge in [0.2, 0.25) is 11.8 Å². The lowest BCUT2D eigenvalue weighted by atomic mass is 10.1. The van der Waals surface area contributed by atoms with Gasteiger partial charge >= 0.3 is 0 Å². The summed E-state index contributed by atoms with van der Waals surface area (Å²) in [5, 5.41) is 0. The lowest BCUT2D eigenvalue weighted by Crippen LogP contribution is -2.49. The second-order valence-electron chi connectivity index (χ2n) is 6.52. The van der Waals surface area contributed by atoms with Crippen molar-refractivity contribution in [3.63, 3.8) is 0 Å². The molecule has 1 aliphatic heterocycles. The molecule has 3 amide bonds. The summed E-state index contributed by atoms with van der Waals surface area (Å²) in [5.41, 5.74) is 0.448. The quantitative estimate of drug-likeness (QED) is 0.680. The van der Waals surface area contributed by atoms with Crippen molar-refractivity contribution in [2.45, 2.75) is 58.4 Å². The number of unbranched alkanes of at least 4 members (excludes halogenated alkanes) is 2. The number of carbonyl (C=O) groups excluding carboxylic acids is 3. The Morgan fingerprint density at radius 3 is 2.24 bits per heavy atom. The minimum absolute atomic E-state index is 0.0861. The number of carbonyl (C=O) groups is 3. The first-order valence-electron chi connectivity index (χ1n) is 9.30. The van der Waals surface area contributed by atoms with Crippen LogP contribution in [-0.4, -0.2) is 46.7 Å². The first-order chi connectivity index (χ1) is 12.1. The van der Waals surface area contributed by atoms with Crippen LogP contribution >= 0.6 is 0 Å². The summed E-state index contributed by atoms with van der Waals surface area (Å²) in [6.45, 7) is 5.56. The highest BCUT2D eigenvalue weighted by atomic mass is 16.2. The molecule has 1 aromatic rings. The molecule has 1 saturated heterocycles. The average molecular weight is 344 g/mol. The molecule has 1 heterocycles. The predicted octanol–water partition coefficient (Wildman–Crippen LogP) is 3.25. The van der Waals surface area contributed by atoms with Crippen LogP contribution in [0.5, 0.6) is 0 Å². The van der Waals surface area contributed by atoms with E-state index in [1.165, 1.54) is 4.90 Å². The summed E-state index contributed by atoms with van der Waals surface area (Å²) in [6.07, 6.45) is 4.55. The topological polar surface area (TPSA) is 57.7 Å². The maximum absolute atomic E-state index is 13.0. The Bertz CT molecular complexity index is 592. The van der Waals surface area contributed by atoms with Crippen molar-refractivity contribution < 1.29 is 14.4 Å². The van der Waals surface area contributed by atoms with Crippen molar-refractivity contribution in [3.8, 4) is 0 Å². The molecule has 5 heteroatoms. The van der Waals surface area contributed by atoms with Crippen LogP contribution in [0.3, 0.4) is 0 Å². The standard InChI is InChI=1S/C20H28N2O3/c1-3-5-14-21(15-6-4-2)20(25)17-12-13-18(23)22(17)19(24)16-10-8-7-9-11-16/h7-11,17H,3-6,12-15H2,1-2H3/t17-/m1/s1. The van der Waals surface area contributed by atoms with Crippen LogP contribution in [0, 0.1) is 0 Å². The van der Waals surface area contributed by atoms with E-state index in [0.717, 1.165) is 25.7 Å². The first kappa shape index (κ1) is 19.2. The molecule has 0 unspecified atom stereocenters. The van der Waals surface area contributed by atoms with Crippen LogP contribution in [0.4, 0.5) is 0 Å². The summed E-state index contributed by atoms with van der Waals surface area (Å²) in [7, 11) is 0. The van der Waals surface area contributed by atoms with Gasteiger partial charge in [-0.1, -0.05) is 44.9 Å². The molecule has 2 rings (SSSR count). The zero-order chi connectivity index (χ0) is 18.2. The molecule has 0 bridgehead atoms. The van der Waals surface area contributed by atoms with Gasteiger partial charge < -0.3 is 4.90 Å². The zero-order valence-electron chi connectivity index (χ0n) is 15.2. The molecule has 0 aromatic heterocycles. The molecule has 1 atom stereocenters. The smallest absolute Gasteiger partial charge is 0.261 e. The summed E-state index contributed by atoms with van der Waals surface area (Å²) < 4.78 is 0. The Morgan fingerprint density at radius 2 is 1.68 bits per heavy atom. The van der Waals surface area contributed by atoms with Crippen LogP contribution in [0.1, 0.15) is 62.7 Å². The van der Waals surface area contributed by atoms with Gasteiger partial charge in [0.1, 0.15) is 6.04 Å². The lowest BCUT2D eigenvalue weighted by molar-refractivity contribution is -0.139. The van der Waals surface area contributed by atoms with Gasteiger partial charge in [-0.25, -0.2) is 0 Å². The number of likely N-dealkylation sites (tertiary alicyclic amines) is 1. The lowest BCUT2D eigenvalue weighted by Gasteiger charge is -2.29. The SMILES string of the molecule is CCCCN(CCCC)C(=O)[C@H]1CCC(=O)N1C(=O)c1ccccc1. The van der Waals surface area contributed by atoms with Crippen molar-refractivity contribution in [2.75, 3.05) is 13.1 Å². The molecular weight excluding hydrogens is 316 g/mol. The highest BCUT2D eigenvalue weighted by Gasteiger charge is 2.41. The second-order valence-corrected chi connectivity index (χ2v) is 6.52. The Hall–Kier alpha value is -2.17. The van der Waals surface area contributed by atoms with Crippen LogP contribution in [0.25, 0.3) is 0 Å². The molecule has 136 valence electrons. The molecule has 0 N–H and O–H groups in total. The minimum Gasteiger partial charge on any atom is -0.341 e. The highest BCUT2D eigenvalue weighted by Crippen LogP contribution is 2.23. The van der Waals surface area contributed by atoms with Crippen LogP contribution in [0.2, 0.25) is 0 Å². The third kappa shape index (κ3) is 4.68. The Kier molecular flexibility index (Phi) is 7.16. The molecule has 0 spiro atoms. The van der Waals surface area contributed by atoms with E-state index >= 15 is 0 Å². The summed E-state index contributed by atoms with van der Waals surface area (Å²) in [5.74, 6) is -0.706. The Balaban J connectivity index is 2.17. The number of nitrogens with zero attached hydrogens (tertiary/aromatic N) is 2. The van der Waals surface area contributed by atoms with E-state index in [-0.39, 0.29) is 24.1 Å². The van der Waals surface area contributed by atoms with Crippen molar-refractivity contribution in [3.05, 3.63) is 35.9 Å². The van der Waals surface area contributed by atoms with Crippen molar-refractivity contribution >= 4 is 17.7 Å². The van der Waals surface area contributed by atoms with Gasteiger partial charge in [0.15, 0.2) is 0 Å². The van der Waals surface area contributed by atoms with Gasteiger partial charge in [-0.05, 0) is 31.4 Å². The van der Waals surface area contributed by atoms with E-state index in [9.17, 15) is 14.4 Å². The second kappa shape index (κ2) is 9.35. The highest BCUT2D eigenvalue weighted by molar-refractivity contribution is 6.09. The fraction of sp³-hybridized carbons (Fsp3) is 0.550. The van der Waals surface area contributed by atoms with Gasteiger partial charge in [-0.2, -0.15) is 0 Å². The molecule has 1 aromatic carbocycles. The zero-order valence-corrected chi connectivity index (χ0v) is 15.2. The molecule has 25 heavy (non-hydrogen) atoms. The Morgan fingerprint density at radius 1 is 1.08 bits per heavy atom. The van der Waals surface area contributed by atoms with E-state index in [4.69, 9.17) is 0 Å². The fourth-order valence-electron chi connectivity index (χ4n) is 3.13. The van der Waals surface area contributed by atoms with Crippen molar-refractivity contribution in [2.24, 2.45) is 0 Å².